The number of ether oxygens (including phenoxy) is 1. The van der Waals surface area contributed by atoms with Crippen LogP contribution in [-0.4, -0.2) is 54.8 Å². The Labute approximate surface area is 113 Å². The van der Waals surface area contributed by atoms with E-state index in [-0.39, 0.29) is 12.5 Å². The number of aliphatic hydroxyl groups is 1. The number of pyridine rings is 1. The molecule has 1 aromatic heterocycles. The quantitative estimate of drug-likeness (QED) is 0.786. The summed E-state index contributed by atoms with van der Waals surface area (Å²) in [6.45, 7) is 1.06. The lowest BCUT2D eigenvalue weighted by Crippen LogP contribution is -2.30. The van der Waals surface area contributed by atoms with Crippen molar-refractivity contribution in [3.05, 3.63) is 29.6 Å². The second-order valence-corrected chi connectivity index (χ2v) is 3.93. The highest BCUT2D eigenvalue weighted by atomic mass is 16.5. The third-order valence-corrected chi connectivity index (χ3v) is 2.43. The number of hydrogen-bond acceptors (Lipinski definition) is 4. The van der Waals surface area contributed by atoms with Gasteiger partial charge < -0.3 is 14.7 Å². The monoisotopic (exact) mass is 262 g/mol. The molecule has 0 saturated carbocycles. The van der Waals surface area contributed by atoms with Crippen LogP contribution in [0.4, 0.5) is 0 Å². The van der Waals surface area contributed by atoms with Gasteiger partial charge >= 0.3 is 0 Å². The third-order valence-electron chi connectivity index (χ3n) is 2.43. The van der Waals surface area contributed by atoms with Gasteiger partial charge in [0.1, 0.15) is 5.69 Å². The first kappa shape index (κ1) is 15.2. The predicted molar refractivity (Wildman–Crippen MR) is 71.7 cm³/mol. The van der Waals surface area contributed by atoms with Crippen LogP contribution in [0.15, 0.2) is 18.3 Å². The lowest BCUT2D eigenvalue weighted by Gasteiger charge is -2.15. The van der Waals surface area contributed by atoms with Crippen molar-refractivity contribution < 1.29 is 14.6 Å². The average molecular weight is 262 g/mol. The van der Waals surface area contributed by atoms with Crippen molar-refractivity contribution in [2.75, 3.05) is 33.9 Å². The van der Waals surface area contributed by atoms with Gasteiger partial charge in [-0.1, -0.05) is 11.8 Å². The van der Waals surface area contributed by atoms with Crippen molar-refractivity contribution in [1.82, 2.24) is 9.88 Å². The molecule has 0 aromatic carbocycles. The van der Waals surface area contributed by atoms with Gasteiger partial charge in [-0.05, 0) is 12.1 Å². The molecular weight excluding hydrogens is 244 g/mol. The molecule has 0 aliphatic rings. The first-order valence-corrected chi connectivity index (χ1v) is 5.99. The minimum atomic E-state index is -0.146. The lowest BCUT2D eigenvalue weighted by atomic mass is 10.2. The van der Waals surface area contributed by atoms with Gasteiger partial charge in [0.25, 0.3) is 5.91 Å². The zero-order valence-electron chi connectivity index (χ0n) is 11.2. The molecule has 1 aromatic rings. The summed E-state index contributed by atoms with van der Waals surface area (Å²) in [5.74, 6) is 5.51. The van der Waals surface area contributed by atoms with E-state index in [9.17, 15) is 4.79 Å². The van der Waals surface area contributed by atoms with Crippen LogP contribution in [-0.2, 0) is 4.74 Å². The molecule has 0 saturated heterocycles. The van der Waals surface area contributed by atoms with Crippen molar-refractivity contribution in [3.63, 3.8) is 0 Å². The molecule has 1 rings (SSSR count). The van der Waals surface area contributed by atoms with Crippen LogP contribution >= 0.6 is 0 Å². The molecular formula is C14H18N2O3. The van der Waals surface area contributed by atoms with E-state index in [2.05, 4.69) is 16.8 Å². The predicted octanol–water partition coefficient (Wildman–Crippen LogP) is 0.534. The molecule has 1 amide bonds. The van der Waals surface area contributed by atoms with Crippen molar-refractivity contribution >= 4 is 5.91 Å². The van der Waals surface area contributed by atoms with Gasteiger partial charge in [0, 0.05) is 38.9 Å². The number of hydrogen-bond donors (Lipinski definition) is 1. The Balaban J connectivity index is 2.65. The Hall–Kier alpha value is -1.90. The molecule has 5 nitrogen and oxygen atoms in total. The number of methoxy groups -OCH3 is 1. The fourth-order valence-electron chi connectivity index (χ4n) is 1.34. The van der Waals surface area contributed by atoms with Gasteiger partial charge in [0.05, 0.1) is 13.2 Å². The fourth-order valence-corrected chi connectivity index (χ4v) is 1.34. The summed E-state index contributed by atoms with van der Waals surface area (Å²) in [6, 6.07) is 3.39. The van der Waals surface area contributed by atoms with Crippen molar-refractivity contribution in [3.8, 4) is 11.8 Å². The molecule has 0 aliphatic carbocycles. The molecule has 0 radical (unpaired) electrons. The Morgan fingerprint density at radius 3 is 2.89 bits per heavy atom. The summed E-state index contributed by atoms with van der Waals surface area (Å²) in [4.78, 5) is 17.6. The van der Waals surface area contributed by atoms with Crippen LogP contribution in [0.3, 0.4) is 0 Å². The number of carbonyl (C=O) groups is 1. The Bertz CT molecular complexity index is 460. The highest BCUT2D eigenvalue weighted by Crippen LogP contribution is 2.02. The highest BCUT2D eigenvalue weighted by molar-refractivity contribution is 5.92. The summed E-state index contributed by atoms with van der Waals surface area (Å²) >= 11 is 0. The first-order chi connectivity index (χ1) is 9.19. The maximum atomic E-state index is 12.0. The standard InChI is InChI=1S/C14H18N2O3/c1-16(8-10-19-2)14(18)13-7-6-12(11-15-13)5-3-4-9-17/h6-7,11,17H,4,8-10H2,1-2H3. The van der Waals surface area contributed by atoms with Gasteiger partial charge in [0.15, 0.2) is 0 Å². The maximum Gasteiger partial charge on any atom is 0.272 e. The van der Waals surface area contributed by atoms with Crippen LogP contribution < -0.4 is 0 Å². The zero-order chi connectivity index (χ0) is 14.1. The fraction of sp³-hybridized carbons (Fsp3) is 0.429. The van der Waals surface area contributed by atoms with Gasteiger partial charge in [-0.3, -0.25) is 4.79 Å². The lowest BCUT2D eigenvalue weighted by molar-refractivity contribution is 0.0738. The average Bonchev–Trinajstić information content (AvgIpc) is 2.45. The van der Waals surface area contributed by atoms with Crippen LogP contribution in [0, 0.1) is 11.8 Å². The van der Waals surface area contributed by atoms with Gasteiger partial charge in [0.2, 0.25) is 0 Å². The number of likely N-dealkylation sites (N-methyl/N-ethyl adjacent to an activating group) is 1. The zero-order valence-corrected chi connectivity index (χ0v) is 11.2. The molecule has 0 aliphatic heterocycles. The van der Waals surface area contributed by atoms with Crippen LogP contribution in [0.2, 0.25) is 0 Å². The molecule has 102 valence electrons. The van der Waals surface area contributed by atoms with Gasteiger partial charge in [-0.2, -0.15) is 0 Å². The number of carbonyl (C=O) groups excluding carboxylic acids is 1. The maximum absolute atomic E-state index is 12.0. The highest BCUT2D eigenvalue weighted by Gasteiger charge is 2.12. The number of nitrogens with zero attached hydrogens (tertiary/aromatic N) is 2. The van der Waals surface area contributed by atoms with Crippen LogP contribution in [0.25, 0.3) is 0 Å². The van der Waals surface area contributed by atoms with E-state index in [4.69, 9.17) is 9.84 Å². The minimum Gasteiger partial charge on any atom is -0.395 e. The van der Waals surface area contributed by atoms with Gasteiger partial charge in [-0.25, -0.2) is 4.98 Å². The number of aliphatic hydroxyl groups excluding tert-OH is 1. The smallest absolute Gasteiger partial charge is 0.272 e. The van der Waals surface area contributed by atoms with E-state index in [1.807, 2.05) is 0 Å². The molecule has 5 heteroatoms. The van der Waals surface area contributed by atoms with Crippen LogP contribution in [0.5, 0.6) is 0 Å². The second kappa shape index (κ2) is 8.25. The van der Waals surface area contributed by atoms with Crippen molar-refractivity contribution in [1.29, 1.82) is 0 Å². The molecule has 1 N–H and O–H groups in total. The largest absolute Gasteiger partial charge is 0.395 e. The van der Waals surface area contributed by atoms with E-state index in [0.717, 1.165) is 5.56 Å². The molecule has 0 atom stereocenters. The van der Waals surface area contributed by atoms with E-state index < -0.39 is 0 Å². The molecule has 0 fully saturated rings. The molecule has 1 heterocycles. The Morgan fingerprint density at radius 2 is 2.32 bits per heavy atom. The first-order valence-electron chi connectivity index (χ1n) is 5.99. The summed E-state index contributed by atoms with van der Waals surface area (Å²) in [5, 5.41) is 8.61. The number of aromatic nitrogens is 1. The summed E-state index contributed by atoms with van der Waals surface area (Å²) in [7, 11) is 3.30. The Morgan fingerprint density at radius 1 is 1.53 bits per heavy atom. The summed E-state index contributed by atoms with van der Waals surface area (Å²) < 4.78 is 4.92. The summed E-state index contributed by atoms with van der Waals surface area (Å²) in [5.41, 5.74) is 1.11. The minimum absolute atomic E-state index is 0.0429. The van der Waals surface area contributed by atoms with Crippen molar-refractivity contribution in [2.24, 2.45) is 0 Å². The van der Waals surface area contributed by atoms with E-state index >= 15 is 0 Å². The van der Waals surface area contributed by atoms with Crippen LogP contribution in [0.1, 0.15) is 22.5 Å². The second-order valence-electron chi connectivity index (χ2n) is 3.93. The van der Waals surface area contributed by atoms with Gasteiger partial charge in [-0.15, -0.1) is 0 Å². The van der Waals surface area contributed by atoms with E-state index in [0.29, 0.717) is 25.3 Å². The topological polar surface area (TPSA) is 62.7 Å². The molecule has 19 heavy (non-hydrogen) atoms. The molecule has 0 bridgehead atoms. The molecule has 0 unspecified atom stereocenters. The SMILES string of the molecule is COCCN(C)C(=O)c1ccc(C#CCCO)cn1. The normalized spacial score (nSPS) is 9.63. The number of amides is 1. The van der Waals surface area contributed by atoms with E-state index in [1.54, 1.807) is 37.4 Å². The Kier molecular flexibility index (Phi) is 6.58. The summed E-state index contributed by atoms with van der Waals surface area (Å²) in [6.07, 6.45) is 1.99. The third kappa shape index (κ3) is 5.08. The number of rotatable bonds is 5. The molecule has 0 spiro atoms. The van der Waals surface area contributed by atoms with Crippen molar-refractivity contribution in [2.45, 2.75) is 6.42 Å². The van der Waals surface area contributed by atoms with E-state index in [1.165, 1.54) is 0 Å².